The topological polar surface area (TPSA) is 35.5 Å². The van der Waals surface area contributed by atoms with Gasteiger partial charge in [0.15, 0.2) is 0 Å². The molecule has 1 atom stereocenters. The minimum atomic E-state index is -2.99. The number of hydrogen-bond donors (Lipinski definition) is 0. The highest BCUT2D eigenvalue weighted by Crippen LogP contribution is 2.48. The molecule has 3 nitrogen and oxygen atoms in total. The normalized spacial score (nSPS) is 14.5. The molecule has 0 N–H and O–H groups in total. The van der Waals surface area contributed by atoms with Crippen molar-refractivity contribution in [3.63, 3.8) is 0 Å². The van der Waals surface area contributed by atoms with E-state index >= 15 is 0 Å². The Balaban J connectivity index is 2.71. The molecule has 15 heavy (non-hydrogen) atoms. The SMILES string of the molecule is CCO[P@@](=O)(CCBr)Oc1ccccc1. The lowest BCUT2D eigenvalue weighted by molar-refractivity contribution is 0.280. The first-order chi connectivity index (χ1) is 7.20. The molecule has 0 fully saturated rings. The summed E-state index contributed by atoms with van der Waals surface area (Å²) in [6.45, 7) is 2.19. The van der Waals surface area contributed by atoms with Gasteiger partial charge < -0.3 is 9.05 Å². The Morgan fingerprint density at radius 1 is 1.33 bits per heavy atom. The number of alkyl halides is 1. The molecule has 1 aromatic rings. The van der Waals surface area contributed by atoms with Crippen molar-refractivity contribution in [1.29, 1.82) is 0 Å². The molecule has 0 radical (unpaired) electrons. The van der Waals surface area contributed by atoms with Gasteiger partial charge in [0.2, 0.25) is 0 Å². The Bertz CT molecular complexity index is 319. The van der Waals surface area contributed by atoms with Crippen LogP contribution in [0.3, 0.4) is 0 Å². The fourth-order valence-corrected chi connectivity index (χ4v) is 3.70. The molecule has 0 unspecified atom stereocenters. The molecule has 0 spiro atoms. The van der Waals surface area contributed by atoms with Gasteiger partial charge in [-0.2, -0.15) is 0 Å². The smallest absolute Gasteiger partial charge is 0.380 e. The highest BCUT2D eigenvalue weighted by molar-refractivity contribution is 9.09. The summed E-state index contributed by atoms with van der Waals surface area (Å²) in [4.78, 5) is 0. The third-order valence-electron chi connectivity index (χ3n) is 1.67. The van der Waals surface area contributed by atoms with Crippen molar-refractivity contribution in [2.24, 2.45) is 0 Å². The standard InChI is InChI=1S/C10H14BrO3P/c1-2-13-15(12,9-8-11)14-10-6-4-3-5-7-10/h3-7H,2,8-9H2,1H3/t15-/m0/s1. The van der Waals surface area contributed by atoms with E-state index in [-0.39, 0.29) is 0 Å². The van der Waals surface area contributed by atoms with Crippen molar-refractivity contribution < 1.29 is 13.6 Å². The monoisotopic (exact) mass is 292 g/mol. The first kappa shape index (κ1) is 12.8. The van der Waals surface area contributed by atoms with Crippen LogP contribution in [-0.2, 0) is 9.09 Å². The van der Waals surface area contributed by atoms with Crippen molar-refractivity contribution in [1.82, 2.24) is 0 Å². The van der Waals surface area contributed by atoms with Gasteiger partial charge in [0.25, 0.3) is 0 Å². The Morgan fingerprint density at radius 3 is 2.53 bits per heavy atom. The molecule has 0 aliphatic carbocycles. The molecule has 0 aliphatic rings. The second-order valence-electron chi connectivity index (χ2n) is 2.85. The lowest BCUT2D eigenvalue weighted by atomic mass is 10.3. The first-order valence-electron chi connectivity index (χ1n) is 4.74. The minimum absolute atomic E-state index is 0.371. The van der Waals surface area contributed by atoms with Crippen molar-refractivity contribution in [2.45, 2.75) is 6.92 Å². The van der Waals surface area contributed by atoms with Crippen LogP contribution in [0.25, 0.3) is 0 Å². The summed E-state index contributed by atoms with van der Waals surface area (Å²) in [5.74, 6) is 0.579. The summed E-state index contributed by atoms with van der Waals surface area (Å²) < 4.78 is 22.7. The second-order valence-corrected chi connectivity index (χ2v) is 5.75. The van der Waals surface area contributed by atoms with Gasteiger partial charge in [-0.1, -0.05) is 34.1 Å². The van der Waals surface area contributed by atoms with Crippen molar-refractivity contribution in [3.05, 3.63) is 30.3 Å². The largest absolute Gasteiger partial charge is 0.424 e. The van der Waals surface area contributed by atoms with E-state index in [0.717, 1.165) is 0 Å². The quantitative estimate of drug-likeness (QED) is 0.592. The molecule has 0 saturated heterocycles. The van der Waals surface area contributed by atoms with Crippen LogP contribution in [0.4, 0.5) is 0 Å². The molecule has 0 aliphatic heterocycles. The van der Waals surface area contributed by atoms with E-state index in [0.29, 0.717) is 23.8 Å². The summed E-state index contributed by atoms with van der Waals surface area (Å²) in [6, 6.07) is 9.07. The average molecular weight is 293 g/mol. The zero-order valence-electron chi connectivity index (χ0n) is 8.56. The van der Waals surface area contributed by atoms with E-state index in [9.17, 15) is 4.57 Å². The maximum Gasteiger partial charge on any atom is 0.380 e. The Labute approximate surface area is 98.4 Å². The molecule has 0 aromatic heterocycles. The maximum atomic E-state index is 12.1. The highest BCUT2D eigenvalue weighted by Gasteiger charge is 2.24. The lowest BCUT2D eigenvalue weighted by Gasteiger charge is -2.17. The zero-order chi connectivity index (χ0) is 11.1. The molecule has 1 aromatic carbocycles. The number of rotatable bonds is 6. The molecule has 0 saturated carbocycles. The lowest BCUT2D eigenvalue weighted by Crippen LogP contribution is -2.03. The number of para-hydroxylation sites is 1. The van der Waals surface area contributed by atoms with Gasteiger partial charge in [-0.3, -0.25) is 0 Å². The van der Waals surface area contributed by atoms with Crippen molar-refractivity contribution in [2.75, 3.05) is 18.1 Å². The van der Waals surface area contributed by atoms with Gasteiger partial charge in [0.05, 0.1) is 12.8 Å². The van der Waals surface area contributed by atoms with Crippen LogP contribution in [0.15, 0.2) is 30.3 Å². The van der Waals surface area contributed by atoms with Gasteiger partial charge in [0, 0.05) is 5.33 Å². The van der Waals surface area contributed by atoms with Crippen LogP contribution >= 0.6 is 23.5 Å². The van der Waals surface area contributed by atoms with Crippen molar-refractivity contribution in [3.8, 4) is 5.75 Å². The van der Waals surface area contributed by atoms with E-state index in [1.807, 2.05) is 18.2 Å². The number of hydrogen-bond acceptors (Lipinski definition) is 3. The maximum absolute atomic E-state index is 12.1. The molecule has 84 valence electrons. The zero-order valence-corrected chi connectivity index (χ0v) is 11.0. The van der Waals surface area contributed by atoms with Crippen LogP contribution in [0.1, 0.15) is 6.92 Å². The molecule has 0 amide bonds. The Kier molecular flexibility index (Phi) is 5.37. The van der Waals surface area contributed by atoms with E-state index in [1.165, 1.54) is 0 Å². The minimum Gasteiger partial charge on any atom is -0.424 e. The average Bonchev–Trinajstić information content (AvgIpc) is 2.19. The first-order valence-corrected chi connectivity index (χ1v) is 7.59. The molecule has 0 heterocycles. The molecule has 0 bridgehead atoms. The number of halogens is 1. The summed E-state index contributed by atoms with van der Waals surface area (Å²) in [5.41, 5.74) is 0. The van der Waals surface area contributed by atoms with Gasteiger partial charge >= 0.3 is 7.60 Å². The van der Waals surface area contributed by atoms with Gasteiger partial charge in [0.1, 0.15) is 5.75 Å². The third-order valence-corrected chi connectivity index (χ3v) is 4.59. The highest BCUT2D eigenvalue weighted by atomic mass is 79.9. The number of benzene rings is 1. The second kappa shape index (κ2) is 6.31. The van der Waals surface area contributed by atoms with Gasteiger partial charge in [-0.15, -0.1) is 0 Å². The van der Waals surface area contributed by atoms with Crippen LogP contribution in [0, 0.1) is 0 Å². The van der Waals surface area contributed by atoms with Gasteiger partial charge in [-0.05, 0) is 19.1 Å². The summed E-state index contributed by atoms with van der Waals surface area (Å²) >= 11 is 3.24. The van der Waals surface area contributed by atoms with E-state index < -0.39 is 7.60 Å². The van der Waals surface area contributed by atoms with Crippen molar-refractivity contribution >= 4 is 23.5 Å². The predicted molar refractivity (Wildman–Crippen MR) is 65.0 cm³/mol. The molecular formula is C10H14BrO3P. The Morgan fingerprint density at radius 2 is 2.00 bits per heavy atom. The fraction of sp³-hybridized carbons (Fsp3) is 0.400. The van der Waals surface area contributed by atoms with E-state index in [1.54, 1.807) is 19.1 Å². The fourth-order valence-electron chi connectivity index (χ4n) is 1.08. The molecule has 5 heteroatoms. The van der Waals surface area contributed by atoms with E-state index in [2.05, 4.69) is 15.9 Å². The molecule has 1 rings (SSSR count). The van der Waals surface area contributed by atoms with E-state index in [4.69, 9.17) is 9.05 Å². The van der Waals surface area contributed by atoms with Crippen LogP contribution in [-0.4, -0.2) is 18.1 Å². The predicted octanol–water partition coefficient (Wildman–Crippen LogP) is 3.69. The molecular weight excluding hydrogens is 279 g/mol. The summed E-state index contributed by atoms with van der Waals surface area (Å²) in [7, 11) is -2.99. The summed E-state index contributed by atoms with van der Waals surface area (Å²) in [6.07, 6.45) is 0.371. The van der Waals surface area contributed by atoms with Crippen LogP contribution < -0.4 is 4.52 Å². The Hall–Kier alpha value is -0.310. The van der Waals surface area contributed by atoms with Crippen LogP contribution in [0.2, 0.25) is 0 Å². The van der Waals surface area contributed by atoms with Crippen LogP contribution in [0.5, 0.6) is 5.75 Å². The van der Waals surface area contributed by atoms with Gasteiger partial charge in [-0.25, -0.2) is 4.57 Å². The summed E-state index contributed by atoms with van der Waals surface area (Å²) in [5, 5.41) is 0.594. The third kappa shape index (κ3) is 4.37.